The van der Waals surface area contributed by atoms with Gasteiger partial charge in [0.15, 0.2) is 8.32 Å². The summed E-state index contributed by atoms with van der Waals surface area (Å²) in [7, 11) is -12.6. The first-order valence-electron chi connectivity index (χ1n) is 15.0. The summed E-state index contributed by atoms with van der Waals surface area (Å²) in [5.41, 5.74) is 0.409. The van der Waals surface area contributed by atoms with Crippen molar-refractivity contribution in [2.24, 2.45) is 0 Å². The van der Waals surface area contributed by atoms with Crippen LogP contribution in [0.1, 0.15) is 83.1 Å². The van der Waals surface area contributed by atoms with Crippen LogP contribution in [-0.4, -0.2) is 48.5 Å². The monoisotopic (exact) mass is 608 g/mol. The molecule has 0 amide bonds. The Hall–Kier alpha value is 0.134. The van der Waals surface area contributed by atoms with Crippen molar-refractivity contribution in [3.05, 3.63) is 12.2 Å². The highest BCUT2D eigenvalue weighted by Gasteiger charge is 2.55. The van der Waals surface area contributed by atoms with Crippen LogP contribution in [0.25, 0.3) is 0 Å². The van der Waals surface area contributed by atoms with E-state index in [0.717, 1.165) is 54.4 Å². The molecule has 0 saturated heterocycles. The number of carbonyl (C=O) groups is 1. The molecule has 0 saturated carbocycles. The molecule has 0 radical (unpaired) electrons. The molecule has 0 N–H and O–H groups in total. The summed E-state index contributed by atoms with van der Waals surface area (Å²) in [4.78, 5) is 12.6. The van der Waals surface area contributed by atoms with Crippen LogP contribution in [0.15, 0.2) is 12.2 Å². The second kappa shape index (κ2) is 16.4. The first-order chi connectivity index (χ1) is 17.3. The van der Waals surface area contributed by atoms with Crippen molar-refractivity contribution in [1.82, 2.24) is 0 Å². The summed E-state index contributed by atoms with van der Waals surface area (Å²) >= 11 is 0. The summed E-state index contributed by atoms with van der Waals surface area (Å²) in [5, 5.41) is 0. The van der Waals surface area contributed by atoms with Gasteiger partial charge in [-0.05, 0) is 73.4 Å². The average Bonchev–Trinajstić information content (AvgIpc) is 2.94. The van der Waals surface area contributed by atoms with E-state index >= 15 is 0 Å². The molecule has 0 aromatic heterocycles. The molecule has 0 aliphatic heterocycles. The van der Waals surface area contributed by atoms with Gasteiger partial charge in [0.05, 0.1) is 0 Å². The maximum absolute atomic E-state index is 12.6. The number of rotatable bonds is 21. The van der Waals surface area contributed by atoms with E-state index in [1.165, 1.54) is 0 Å². The number of carbonyl (C=O) groups excluding carboxylic acids is 1. The van der Waals surface area contributed by atoms with Crippen molar-refractivity contribution in [3.63, 3.8) is 0 Å². The van der Waals surface area contributed by atoms with Crippen LogP contribution in [0.2, 0.25) is 66.5 Å². The molecule has 0 aliphatic carbocycles. The number of hydrogen-bond acceptors (Lipinski definition) is 6. The molecule has 0 fully saturated rings. The molecule has 0 bridgehead atoms. The lowest BCUT2D eigenvalue weighted by molar-refractivity contribution is -0.132. The second-order valence-corrected chi connectivity index (χ2v) is 31.2. The molecule has 6 nitrogen and oxygen atoms in total. The standard InChI is InChI=1S/C26H60O6Si5/c1-14-33(15-2,16-3)29-35(19-6,20-7)31-37(23-10,24-11)32-36(21-8,22-9)30-34(17-4,18-5)28-26(27)25(12)13/h12,14-24H2,1-11,13H3. The van der Waals surface area contributed by atoms with Crippen LogP contribution in [0.3, 0.4) is 0 Å². The Bertz CT molecular complexity index is 677. The van der Waals surface area contributed by atoms with Crippen molar-refractivity contribution in [3.8, 4) is 0 Å². The predicted molar refractivity (Wildman–Crippen MR) is 169 cm³/mol. The quantitative estimate of drug-likeness (QED) is 0.0956. The Morgan fingerprint density at radius 1 is 0.486 bits per heavy atom. The largest absolute Gasteiger partial charge is 0.491 e. The fourth-order valence-corrected chi connectivity index (χ4v) is 32.1. The molecule has 11 heteroatoms. The summed E-state index contributed by atoms with van der Waals surface area (Å²) in [6.45, 7) is 29.7. The second-order valence-electron chi connectivity index (χ2n) is 10.3. The molecular weight excluding hydrogens is 549 g/mol. The molecule has 37 heavy (non-hydrogen) atoms. The van der Waals surface area contributed by atoms with Gasteiger partial charge in [0.25, 0.3) is 0 Å². The van der Waals surface area contributed by atoms with Crippen molar-refractivity contribution < 1.29 is 25.7 Å². The molecule has 0 aromatic carbocycles. The van der Waals surface area contributed by atoms with Gasteiger partial charge < -0.3 is 20.9 Å². The van der Waals surface area contributed by atoms with Gasteiger partial charge >= 0.3 is 40.2 Å². The van der Waals surface area contributed by atoms with Gasteiger partial charge in [-0.2, -0.15) is 0 Å². The third-order valence-electron chi connectivity index (χ3n) is 8.39. The summed E-state index contributed by atoms with van der Waals surface area (Å²) < 4.78 is 35.1. The van der Waals surface area contributed by atoms with E-state index in [4.69, 9.17) is 20.9 Å². The van der Waals surface area contributed by atoms with Crippen LogP contribution in [0.4, 0.5) is 0 Å². The van der Waals surface area contributed by atoms with Gasteiger partial charge in [-0.15, -0.1) is 0 Å². The Kier molecular flexibility index (Phi) is 16.5. The molecule has 0 rings (SSSR count). The Labute approximate surface area is 235 Å². The molecule has 0 heterocycles. The van der Waals surface area contributed by atoms with E-state index in [0.29, 0.717) is 17.7 Å². The molecule has 0 atom stereocenters. The van der Waals surface area contributed by atoms with Gasteiger partial charge in [-0.25, -0.2) is 4.79 Å². The van der Waals surface area contributed by atoms with Crippen LogP contribution in [-0.2, 0) is 25.7 Å². The van der Waals surface area contributed by atoms with E-state index in [2.05, 4.69) is 82.7 Å². The molecular formula is C26H60O6Si5. The van der Waals surface area contributed by atoms with Crippen LogP contribution in [0, 0.1) is 0 Å². The third-order valence-corrected chi connectivity index (χ3v) is 33.6. The van der Waals surface area contributed by atoms with Crippen LogP contribution < -0.4 is 0 Å². The SMILES string of the molecule is C=C(C)C(=O)O[Si](CC)(CC)O[Si](CC)(CC)O[Si](CC)(CC)O[Si](CC)(CC)O[Si](CC)(CC)CC. The number of hydrogen-bond donors (Lipinski definition) is 0. The maximum atomic E-state index is 12.6. The van der Waals surface area contributed by atoms with Crippen LogP contribution in [0.5, 0.6) is 0 Å². The first kappa shape index (κ1) is 37.1. The minimum Gasteiger partial charge on any atom is -0.491 e. The maximum Gasteiger partial charge on any atom is 0.392 e. The summed E-state index contributed by atoms with van der Waals surface area (Å²) in [6, 6.07) is 9.92. The highest BCUT2D eigenvalue weighted by atomic mass is 28.5. The lowest BCUT2D eigenvalue weighted by Crippen LogP contribution is -2.64. The minimum absolute atomic E-state index is 0.354. The Balaban J connectivity index is 6.51. The van der Waals surface area contributed by atoms with Gasteiger partial charge in [0.1, 0.15) is 0 Å². The smallest absolute Gasteiger partial charge is 0.392 e. The predicted octanol–water partition coefficient (Wildman–Crippen LogP) is 9.11. The lowest BCUT2D eigenvalue weighted by atomic mass is 10.4. The molecule has 0 aromatic rings. The summed E-state index contributed by atoms with van der Waals surface area (Å²) in [6.07, 6.45) is 0. The molecule has 0 aliphatic rings. The minimum atomic E-state index is -2.82. The zero-order valence-electron chi connectivity index (χ0n) is 26.4. The van der Waals surface area contributed by atoms with Crippen molar-refractivity contribution in [2.45, 2.75) is 150 Å². The zero-order valence-corrected chi connectivity index (χ0v) is 31.4. The fraction of sp³-hybridized carbons (Fsp3) is 0.885. The zero-order chi connectivity index (χ0) is 29.0. The van der Waals surface area contributed by atoms with E-state index in [1.54, 1.807) is 6.92 Å². The van der Waals surface area contributed by atoms with Crippen molar-refractivity contribution in [1.29, 1.82) is 0 Å². The van der Waals surface area contributed by atoms with E-state index in [-0.39, 0.29) is 5.97 Å². The van der Waals surface area contributed by atoms with Gasteiger partial charge in [-0.3, -0.25) is 0 Å². The highest BCUT2D eigenvalue weighted by Crippen LogP contribution is 2.39. The molecule has 0 spiro atoms. The Morgan fingerprint density at radius 2 is 0.757 bits per heavy atom. The average molecular weight is 609 g/mol. The van der Waals surface area contributed by atoms with Crippen molar-refractivity contribution >= 4 is 48.5 Å². The molecule has 0 unspecified atom stereocenters. The third kappa shape index (κ3) is 9.63. The molecule has 220 valence electrons. The van der Waals surface area contributed by atoms with E-state index in [1.807, 2.05) is 0 Å². The highest BCUT2D eigenvalue weighted by molar-refractivity contribution is 6.92. The first-order valence-corrected chi connectivity index (χ1v) is 26.5. The lowest BCUT2D eigenvalue weighted by Gasteiger charge is -2.48. The van der Waals surface area contributed by atoms with Crippen LogP contribution >= 0.6 is 0 Å². The topological polar surface area (TPSA) is 63.2 Å². The normalized spacial score (nSPS) is 13.6. The van der Waals surface area contributed by atoms with Gasteiger partial charge in [0.2, 0.25) is 0 Å². The summed E-state index contributed by atoms with van der Waals surface area (Å²) in [5.74, 6) is -0.354. The van der Waals surface area contributed by atoms with Gasteiger partial charge in [0, 0.05) is 5.57 Å². The Morgan fingerprint density at radius 3 is 1.00 bits per heavy atom. The van der Waals surface area contributed by atoms with Crippen molar-refractivity contribution in [2.75, 3.05) is 0 Å². The van der Waals surface area contributed by atoms with E-state index in [9.17, 15) is 4.79 Å². The van der Waals surface area contributed by atoms with E-state index < -0.39 is 42.6 Å². The fourth-order valence-electron chi connectivity index (χ4n) is 4.87. The van der Waals surface area contributed by atoms with Gasteiger partial charge in [-0.1, -0.05) is 82.7 Å².